The van der Waals surface area contributed by atoms with Crippen molar-refractivity contribution in [3.63, 3.8) is 0 Å². The van der Waals surface area contributed by atoms with E-state index in [2.05, 4.69) is 148 Å². The van der Waals surface area contributed by atoms with Gasteiger partial charge in [0.15, 0.2) is 0 Å². The third-order valence-electron chi connectivity index (χ3n) is 15.8. The predicted molar refractivity (Wildman–Crippen MR) is 401 cm³/mol. The van der Waals surface area contributed by atoms with E-state index in [9.17, 15) is 19.2 Å². The Morgan fingerprint density at radius 3 is 0.438 bits per heavy atom. The van der Waals surface area contributed by atoms with E-state index < -0.39 is 0 Å². The molecule has 8 nitrogen and oxygen atoms in total. The van der Waals surface area contributed by atoms with E-state index in [1.165, 1.54) is 334 Å². The summed E-state index contributed by atoms with van der Waals surface area (Å²) in [6.07, 6.45) is 92.2. The van der Waals surface area contributed by atoms with Crippen LogP contribution in [0.4, 0.5) is 19.2 Å². The van der Waals surface area contributed by atoms with E-state index in [1.807, 2.05) is 0 Å². The molecule has 0 aromatic carbocycles. The Morgan fingerprint density at radius 1 is 0.202 bits per heavy atom. The Morgan fingerprint density at radius 2 is 0.315 bits per heavy atom. The maximum absolute atomic E-state index is 10.5. The van der Waals surface area contributed by atoms with Crippen LogP contribution in [-0.2, 0) is 71.6 Å². The van der Waals surface area contributed by atoms with Gasteiger partial charge < -0.3 is 91.0 Å². The molecule has 0 saturated carbocycles. The SMILES string of the molecule is CCCCCCCCC=CCCCCCCCCNC(=O)[S-].CCCCCCCCC=CCCCCCCCCNC(=O)[S-].CCCCCCCCC=CCCCCCCCCNC(=O)[S-].CCCCCCCCC=CCCCCCCCCNC(=O)[S-].[Mo+4]. The van der Waals surface area contributed by atoms with E-state index >= 15 is 0 Å². The summed E-state index contributed by atoms with van der Waals surface area (Å²) >= 11 is 17.7. The van der Waals surface area contributed by atoms with Crippen molar-refractivity contribution in [3.05, 3.63) is 48.6 Å². The molecule has 4 amide bonds. The zero-order valence-corrected chi connectivity index (χ0v) is 64.0. The summed E-state index contributed by atoms with van der Waals surface area (Å²) in [6.45, 7) is 12.0. The van der Waals surface area contributed by atoms with Crippen LogP contribution in [0.25, 0.3) is 0 Å². The van der Waals surface area contributed by atoms with Gasteiger partial charge in [-0.25, -0.2) is 0 Å². The molecule has 0 spiro atoms. The average Bonchev–Trinajstić information content (AvgIpc) is 3.50. The van der Waals surface area contributed by atoms with Crippen molar-refractivity contribution in [1.29, 1.82) is 0 Å². The topological polar surface area (TPSA) is 116 Å². The van der Waals surface area contributed by atoms with Gasteiger partial charge in [0.1, 0.15) is 0 Å². The molecule has 4 N–H and O–H groups in total. The van der Waals surface area contributed by atoms with Crippen molar-refractivity contribution >= 4 is 71.5 Å². The van der Waals surface area contributed by atoms with Crippen LogP contribution in [0.3, 0.4) is 0 Å². The van der Waals surface area contributed by atoms with Gasteiger partial charge in [-0.2, -0.15) is 0 Å². The minimum Gasteiger partial charge on any atom is -0.719 e. The molecule has 0 heterocycles. The Labute approximate surface area is 590 Å². The number of allylic oxidation sites excluding steroid dienone is 8. The first kappa shape index (κ1) is 96.1. The molecule has 0 aliphatic rings. The van der Waals surface area contributed by atoms with Gasteiger partial charge in [-0.05, 0) is 128 Å². The van der Waals surface area contributed by atoms with Gasteiger partial charge in [-0.1, -0.05) is 307 Å². The molecule has 0 aromatic rings. The predicted octanol–water partition coefficient (Wildman–Crippen LogP) is 25.1. The molecule has 13 heteroatoms. The molecule has 0 aliphatic carbocycles. The monoisotopic (exact) mass is 1400 g/mol. The van der Waals surface area contributed by atoms with Crippen LogP contribution in [0.1, 0.15) is 387 Å². The second-order valence-electron chi connectivity index (χ2n) is 24.6. The molecule has 0 saturated heterocycles. The molecule has 0 bridgehead atoms. The van der Waals surface area contributed by atoms with Gasteiger partial charge in [0, 0.05) is 26.2 Å². The fourth-order valence-electron chi connectivity index (χ4n) is 10.3. The zero-order valence-electron chi connectivity index (χ0n) is 58.7. The van der Waals surface area contributed by atoms with Crippen LogP contribution in [0.2, 0.25) is 0 Å². The van der Waals surface area contributed by atoms with Gasteiger partial charge in [-0.3, -0.25) is 0 Å². The maximum Gasteiger partial charge on any atom is 4.00 e. The first-order valence-corrected chi connectivity index (χ1v) is 39.1. The third kappa shape index (κ3) is 111. The first-order valence-electron chi connectivity index (χ1n) is 37.5. The van der Waals surface area contributed by atoms with Crippen LogP contribution >= 0.6 is 0 Å². The quantitative estimate of drug-likeness (QED) is 0.0206. The first-order chi connectivity index (χ1) is 43.1. The van der Waals surface area contributed by atoms with Crippen LogP contribution in [0.5, 0.6) is 0 Å². The van der Waals surface area contributed by atoms with Crippen molar-refractivity contribution in [1.82, 2.24) is 21.3 Å². The summed E-state index contributed by atoms with van der Waals surface area (Å²) in [5.74, 6) is 0. The Bertz CT molecular complexity index is 1290. The normalized spacial score (nSPS) is 11.0. The number of hydrogen-bond donors (Lipinski definition) is 4. The summed E-state index contributed by atoms with van der Waals surface area (Å²) in [5.41, 5.74) is 0. The van der Waals surface area contributed by atoms with Crippen LogP contribution in [0.15, 0.2) is 48.6 Å². The molecular formula is C76H144MoN4O4S4. The molecule has 0 aliphatic heterocycles. The maximum atomic E-state index is 10.5. The zero-order chi connectivity index (χ0) is 65.2. The number of nitrogens with one attached hydrogen (secondary N) is 4. The van der Waals surface area contributed by atoms with Crippen molar-refractivity contribution in [3.8, 4) is 0 Å². The molecule has 0 radical (unpaired) electrons. The minimum absolute atomic E-state index is 0. The average molecular weight is 1400 g/mol. The number of rotatable bonds is 64. The van der Waals surface area contributed by atoms with Gasteiger partial charge in [0.05, 0.1) is 21.0 Å². The Kier molecular flexibility index (Phi) is 100. The van der Waals surface area contributed by atoms with Crippen LogP contribution in [-0.4, -0.2) is 47.1 Å². The molecule has 0 unspecified atom stereocenters. The molecule has 0 rings (SSSR count). The Hall–Kier alpha value is -1.59. The largest absolute Gasteiger partial charge is 4.00 e. The van der Waals surface area contributed by atoms with E-state index in [0.717, 1.165) is 51.9 Å². The van der Waals surface area contributed by atoms with Crippen molar-refractivity contribution in [2.45, 2.75) is 387 Å². The van der Waals surface area contributed by atoms with Gasteiger partial charge in [0.25, 0.3) is 0 Å². The van der Waals surface area contributed by atoms with Gasteiger partial charge in [-0.15, -0.1) is 0 Å². The third-order valence-corrected chi connectivity index (χ3v) is 16.4. The van der Waals surface area contributed by atoms with E-state index in [4.69, 9.17) is 0 Å². The second kappa shape index (κ2) is 92.8. The number of hydrogen-bond acceptors (Lipinski definition) is 8. The molecule has 0 atom stereocenters. The number of carbonyl (C=O) groups excluding carboxylic acids is 4. The van der Waals surface area contributed by atoms with Crippen molar-refractivity contribution in [2.75, 3.05) is 26.2 Å². The standard InChI is InChI=1S/4C19H37NOS.Mo/c4*1-2-3-4-5-6-7-8-9-10-11-12-13-14-15-16-17-18-20-19(21)22;/h4*9-10H,2-8,11-18H2,1H3,(H2,20,21,22);/q;;;;+4/p-4. The molecule has 522 valence electrons. The van der Waals surface area contributed by atoms with Gasteiger partial charge >= 0.3 is 21.1 Å². The van der Waals surface area contributed by atoms with E-state index in [-0.39, 0.29) is 42.0 Å². The molecular weight excluding hydrogens is 1260 g/mol. The number of carbonyl (C=O) groups is 4. The fourth-order valence-corrected chi connectivity index (χ4v) is 10.7. The Balaban J connectivity index is -0.000000351. The van der Waals surface area contributed by atoms with E-state index in [1.54, 1.807) is 0 Å². The fraction of sp³-hybridized carbons (Fsp3) is 0.842. The summed E-state index contributed by atoms with van der Waals surface area (Å²) in [4.78, 5) is 42.0. The minimum atomic E-state index is -0.326. The summed E-state index contributed by atoms with van der Waals surface area (Å²) in [6, 6.07) is 0. The second-order valence-corrected chi connectivity index (χ2v) is 26.1. The summed E-state index contributed by atoms with van der Waals surface area (Å²) < 4.78 is 0. The molecule has 0 aromatic heterocycles. The van der Waals surface area contributed by atoms with Crippen LogP contribution < -0.4 is 21.3 Å². The van der Waals surface area contributed by atoms with Crippen molar-refractivity contribution in [2.24, 2.45) is 0 Å². The number of unbranched alkanes of at least 4 members (excludes halogenated alkanes) is 48. The van der Waals surface area contributed by atoms with Crippen LogP contribution in [0, 0.1) is 0 Å². The summed E-state index contributed by atoms with van der Waals surface area (Å²) in [7, 11) is 0. The smallest absolute Gasteiger partial charge is 0.719 e. The van der Waals surface area contributed by atoms with E-state index in [0.29, 0.717) is 0 Å². The van der Waals surface area contributed by atoms with Crippen molar-refractivity contribution < 1.29 is 40.2 Å². The number of amides is 4. The molecule has 89 heavy (non-hydrogen) atoms. The molecule has 0 fully saturated rings. The van der Waals surface area contributed by atoms with Gasteiger partial charge in [0.2, 0.25) is 0 Å². The summed E-state index contributed by atoms with van der Waals surface area (Å²) in [5, 5.41) is 9.34.